The van der Waals surface area contributed by atoms with E-state index >= 15 is 0 Å². The summed E-state index contributed by atoms with van der Waals surface area (Å²) >= 11 is 0. The summed E-state index contributed by atoms with van der Waals surface area (Å²) in [4.78, 5) is 30.1. The van der Waals surface area contributed by atoms with Gasteiger partial charge in [-0.15, -0.1) is 0 Å². The average Bonchev–Trinajstić information content (AvgIpc) is 3.22. The van der Waals surface area contributed by atoms with Crippen molar-refractivity contribution in [2.24, 2.45) is 5.41 Å². The molecule has 194 valence electrons. The number of methoxy groups -OCH3 is 2. The van der Waals surface area contributed by atoms with Gasteiger partial charge in [0.1, 0.15) is 18.1 Å². The third-order valence-electron chi connectivity index (χ3n) is 6.04. The van der Waals surface area contributed by atoms with E-state index in [1.807, 2.05) is 71.9 Å². The molecule has 0 spiro atoms. The Kier molecular flexibility index (Phi) is 10.2. The van der Waals surface area contributed by atoms with Crippen molar-refractivity contribution in [3.8, 4) is 11.5 Å². The van der Waals surface area contributed by atoms with Crippen LogP contribution in [0.25, 0.3) is 0 Å². The summed E-state index contributed by atoms with van der Waals surface area (Å²) in [6.45, 7) is 12.9. The van der Waals surface area contributed by atoms with E-state index < -0.39 is 0 Å². The molecular formula is C28H42N2O5. The van der Waals surface area contributed by atoms with Crippen molar-refractivity contribution in [2.75, 3.05) is 27.3 Å². The van der Waals surface area contributed by atoms with Crippen molar-refractivity contribution < 1.29 is 23.5 Å². The minimum Gasteiger partial charge on any atom is -0.493 e. The van der Waals surface area contributed by atoms with Gasteiger partial charge in [-0.25, -0.2) is 0 Å². The van der Waals surface area contributed by atoms with Gasteiger partial charge in [0, 0.05) is 19.0 Å². The summed E-state index contributed by atoms with van der Waals surface area (Å²) in [5, 5.41) is 0. The van der Waals surface area contributed by atoms with Crippen LogP contribution in [0.15, 0.2) is 34.7 Å². The number of ether oxygens (including phenoxy) is 2. The minimum absolute atomic E-state index is 0.00823. The first-order valence-electron chi connectivity index (χ1n) is 12.3. The number of aryl methyl sites for hydroxylation is 1. The Morgan fingerprint density at radius 2 is 1.71 bits per heavy atom. The van der Waals surface area contributed by atoms with E-state index in [1.54, 1.807) is 24.0 Å². The number of hydrogen-bond donors (Lipinski definition) is 0. The second-order valence-electron chi connectivity index (χ2n) is 10.3. The molecule has 2 amide bonds. The molecule has 0 aliphatic rings. The third kappa shape index (κ3) is 8.64. The Morgan fingerprint density at radius 3 is 2.26 bits per heavy atom. The van der Waals surface area contributed by atoms with E-state index in [1.165, 1.54) is 0 Å². The van der Waals surface area contributed by atoms with Crippen LogP contribution in [0.4, 0.5) is 0 Å². The lowest BCUT2D eigenvalue weighted by atomic mass is 9.91. The van der Waals surface area contributed by atoms with Gasteiger partial charge >= 0.3 is 0 Å². The lowest BCUT2D eigenvalue weighted by molar-refractivity contribution is -0.144. The quantitative estimate of drug-likeness (QED) is 0.410. The smallest absolute Gasteiger partial charge is 0.242 e. The molecule has 0 aliphatic carbocycles. The average molecular weight is 487 g/mol. The fourth-order valence-corrected chi connectivity index (χ4v) is 3.86. The summed E-state index contributed by atoms with van der Waals surface area (Å²) in [5.41, 5.74) is 0.878. The van der Waals surface area contributed by atoms with Crippen LogP contribution < -0.4 is 9.47 Å². The highest BCUT2D eigenvalue weighted by molar-refractivity contribution is 5.85. The Balaban J connectivity index is 2.23. The maximum atomic E-state index is 13.5. The number of carbonyl (C=O) groups is 2. The van der Waals surface area contributed by atoms with Crippen LogP contribution in [0.3, 0.4) is 0 Å². The van der Waals surface area contributed by atoms with Gasteiger partial charge in [-0.2, -0.15) is 0 Å². The molecule has 0 aliphatic heterocycles. The molecule has 0 radical (unpaired) electrons. The highest BCUT2D eigenvalue weighted by atomic mass is 16.5. The van der Waals surface area contributed by atoms with Gasteiger partial charge < -0.3 is 23.7 Å². The van der Waals surface area contributed by atoms with Crippen LogP contribution in [0.1, 0.15) is 64.5 Å². The van der Waals surface area contributed by atoms with Gasteiger partial charge in [-0.05, 0) is 61.9 Å². The molecule has 7 nitrogen and oxygen atoms in total. The summed E-state index contributed by atoms with van der Waals surface area (Å²) < 4.78 is 16.5. The Morgan fingerprint density at radius 1 is 1.03 bits per heavy atom. The molecule has 1 atom stereocenters. The normalized spacial score (nSPS) is 12.2. The number of carbonyl (C=O) groups excluding carboxylic acids is 2. The molecule has 35 heavy (non-hydrogen) atoms. The minimum atomic E-state index is -0.148. The second kappa shape index (κ2) is 12.7. The molecule has 7 heteroatoms. The highest BCUT2D eigenvalue weighted by Gasteiger charge is 2.28. The molecule has 2 rings (SSSR count). The van der Waals surface area contributed by atoms with Crippen LogP contribution in [-0.4, -0.2) is 55.0 Å². The molecule has 0 N–H and O–H groups in total. The molecule has 1 aromatic heterocycles. The molecule has 1 heterocycles. The number of hydrogen-bond acceptors (Lipinski definition) is 5. The van der Waals surface area contributed by atoms with Crippen LogP contribution in [-0.2, 0) is 22.6 Å². The monoisotopic (exact) mass is 486 g/mol. The fourth-order valence-electron chi connectivity index (χ4n) is 3.86. The summed E-state index contributed by atoms with van der Waals surface area (Å²) in [6.07, 6.45) is 1.81. The van der Waals surface area contributed by atoms with E-state index in [0.717, 1.165) is 23.5 Å². The summed E-state index contributed by atoms with van der Waals surface area (Å²) in [5.74, 6) is 2.75. The third-order valence-corrected chi connectivity index (χ3v) is 6.04. The van der Waals surface area contributed by atoms with Gasteiger partial charge in [0.15, 0.2) is 11.5 Å². The van der Waals surface area contributed by atoms with E-state index in [-0.39, 0.29) is 29.8 Å². The molecule has 0 bridgehead atoms. The summed E-state index contributed by atoms with van der Waals surface area (Å²) in [7, 11) is 3.21. The Hall–Kier alpha value is -2.96. The van der Waals surface area contributed by atoms with Crippen molar-refractivity contribution in [1.29, 1.82) is 0 Å². The van der Waals surface area contributed by atoms with Gasteiger partial charge in [0.25, 0.3) is 0 Å². The zero-order chi connectivity index (χ0) is 26.2. The van der Waals surface area contributed by atoms with Crippen molar-refractivity contribution in [3.63, 3.8) is 0 Å². The molecular weight excluding hydrogens is 444 g/mol. The van der Waals surface area contributed by atoms with Crippen LogP contribution in [0.5, 0.6) is 11.5 Å². The number of amides is 2. The SMILES string of the molecule is CCC(C)N(CC(=O)N(CCc1ccc(OC)c(OC)c1)Cc1ccc(C)o1)C(=O)CC(C)(C)C. The first-order valence-corrected chi connectivity index (χ1v) is 12.3. The molecule has 2 aromatic rings. The van der Waals surface area contributed by atoms with Crippen LogP contribution >= 0.6 is 0 Å². The van der Waals surface area contributed by atoms with Gasteiger partial charge in [-0.3, -0.25) is 9.59 Å². The van der Waals surface area contributed by atoms with E-state index in [4.69, 9.17) is 13.9 Å². The van der Waals surface area contributed by atoms with E-state index in [9.17, 15) is 9.59 Å². The maximum Gasteiger partial charge on any atom is 0.242 e. The number of rotatable bonds is 12. The highest BCUT2D eigenvalue weighted by Crippen LogP contribution is 2.28. The maximum absolute atomic E-state index is 13.5. The molecule has 0 saturated carbocycles. The molecule has 0 saturated heterocycles. The van der Waals surface area contributed by atoms with Crippen LogP contribution in [0, 0.1) is 12.3 Å². The Labute approximate surface area is 210 Å². The first-order chi connectivity index (χ1) is 16.5. The van der Waals surface area contributed by atoms with Crippen molar-refractivity contribution in [3.05, 3.63) is 47.4 Å². The van der Waals surface area contributed by atoms with Crippen LogP contribution in [0.2, 0.25) is 0 Å². The van der Waals surface area contributed by atoms with E-state index in [2.05, 4.69) is 0 Å². The Bertz CT molecular complexity index is 976. The standard InChI is InChI=1S/C28H42N2O5/c1-9-20(2)30(26(31)17-28(4,5)6)19-27(32)29(18-23-12-10-21(3)35-23)15-14-22-11-13-24(33-7)25(16-22)34-8/h10-13,16,20H,9,14-15,17-19H2,1-8H3. The predicted molar refractivity (Wildman–Crippen MR) is 138 cm³/mol. The van der Waals surface area contributed by atoms with Gasteiger partial charge in [0.05, 0.1) is 20.8 Å². The molecule has 1 unspecified atom stereocenters. The number of furan rings is 1. The van der Waals surface area contributed by atoms with Crippen molar-refractivity contribution >= 4 is 11.8 Å². The lowest BCUT2D eigenvalue weighted by Crippen LogP contribution is -2.47. The second-order valence-corrected chi connectivity index (χ2v) is 10.3. The predicted octanol–water partition coefficient (Wildman–Crippen LogP) is 5.24. The van der Waals surface area contributed by atoms with Gasteiger partial charge in [-0.1, -0.05) is 33.8 Å². The first kappa shape index (κ1) is 28.3. The number of nitrogens with zero attached hydrogens (tertiary/aromatic N) is 2. The van der Waals surface area contributed by atoms with Crippen molar-refractivity contribution in [1.82, 2.24) is 9.80 Å². The molecule has 1 aromatic carbocycles. The van der Waals surface area contributed by atoms with Gasteiger partial charge in [0.2, 0.25) is 11.8 Å². The zero-order valence-corrected chi connectivity index (χ0v) is 22.6. The summed E-state index contributed by atoms with van der Waals surface area (Å²) in [6, 6.07) is 9.53. The zero-order valence-electron chi connectivity index (χ0n) is 22.6. The van der Waals surface area contributed by atoms with E-state index in [0.29, 0.717) is 37.4 Å². The molecule has 0 fully saturated rings. The van der Waals surface area contributed by atoms with Crippen molar-refractivity contribution in [2.45, 2.75) is 73.4 Å². The fraction of sp³-hybridized carbons (Fsp3) is 0.571. The lowest BCUT2D eigenvalue weighted by Gasteiger charge is -2.33. The topological polar surface area (TPSA) is 72.2 Å². The largest absolute Gasteiger partial charge is 0.493 e. The number of benzene rings is 1.